The fourth-order valence-electron chi connectivity index (χ4n) is 2.56. The van der Waals surface area contributed by atoms with Gasteiger partial charge >= 0.3 is 15.9 Å². The summed E-state index contributed by atoms with van der Waals surface area (Å²) >= 11 is -0.641. The summed E-state index contributed by atoms with van der Waals surface area (Å²) in [6, 6.07) is 14.3. The molecule has 0 saturated carbocycles. The third-order valence-corrected chi connectivity index (χ3v) is 4.64. The van der Waals surface area contributed by atoms with Crippen LogP contribution in [0.2, 0.25) is 0 Å². The van der Waals surface area contributed by atoms with Crippen molar-refractivity contribution < 1.29 is 7.58 Å². The molecular weight excluding hydrogens is 301 g/mol. The average Bonchev–Trinajstić information content (AvgIpc) is 2.52. The van der Waals surface area contributed by atoms with Crippen molar-refractivity contribution in [3.63, 3.8) is 0 Å². The number of para-hydroxylation sites is 1. The molecule has 4 heteroatoms. The molecule has 3 nitrogen and oxygen atoms in total. The van der Waals surface area contributed by atoms with E-state index in [2.05, 4.69) is 44.0 Å². The molecule has 1 heterocycles. The number of aromatic nitrogens is 1. The van der Waals surface area contributed by atoms with E-state index < -0.39 is 15.9 Å². The lowest BCUT2D eigenvalue weighted by Gasteiger charge is -2.14. The maximum absolute atomic E-state index is 5.91. The summed E-state index contributed by atoms with van der Waals surface area (Å²) in [6.07, 6.45) is 0. The minimum absolute atomic E-state index is 0.641. The van der Waals surface area contributed by atoms with Gasteiger partial charge in [0.1, 0.15) is 11.3 Å². The third-order valence-electron chi connectivity index (χ3n) is 3.94. The molecule has 0 spiro atoms. The first-order chi connectivity index (χ1) is 11.0. The Morgan fingerprint density at radius 1 is 0.870 bits per heavy atom. The highest BCUT2D eigenvalue weighted by Gasteiger charge is 2.12. The first-order valence-electron chi connectivity index (χ1n) is 7.64. The van der Waals surface area contributed by atoms with Crippen LogP contribution in [0.5, 0.6) is 11.5 Å². The van der Waals surface area contributed by atoms with E-state index >= 15 is 0 Å². The van der Waals surface area contributed by atoms with Gasteiger partial charge in [-0.05, 0) is 62.6 Å². The summed E-state index contributed by atoms with van der Waals surface area (Å²) in [6.45, 7) is 8.24. The molecule has 23 heavy (non-hydrogen) atoms. The van der Waals surface area contributed by atoms with Crippen LogP contribution in [0.4, 0.5) is 0 Å². The normalized spacial score (nSPS) is 10.6. The molecule has 0 aliphatic heterocycles. The molecule has 0 N–H and O–H groups in total. The molecule has 0 saturated heterocycles. The topological polar surface area (TPSA) is 31.4 Å². The van der Waals surface area contributed by atoms with Gasteiger partial charge in [-0.25, -0.2) is 4.98 Å². The zero-order valence-corrected chi connectivity index (χ0v) is 15.0. The van der Waals surface area contributed by atoms with Crippen molar-refractivity contribution >= 4 is 26.8 Å². The Hall–Kier alpha value is -2.02. The highest BCUT2D eigenvalue weighted by atomic mass is 27.2. The van der Waals surface area contributed by atoms with E-state index in [-0.39, 0.29) is 0 Å². The lowest BCUT2D eigenvalue weighted by atomic mass is 10.1. The van der Waals surface area contributed by atoms with Gasteiger partial charge in [-0.2, -0.15) is 0 Å². The fourth-order valence-corrected chi connectivity index (χ4v) is 3.25. The second kappa shape index (κ2) is 6.62. The van der Waals surface area contributed by atoms with E-state index in [9.17, 15) is 0 Å². The molecule has 1 aromatic heterocycles. The standard InChI is InChI=1S/C10H9NO.C9H12O.Al/c1-7-5-6-8-3-2-4-9(12)10(8)11-7;1-6-4-7(2)8(3)9(10)5-6;/h2-6,12H,1H3;4-5,10H,1-3H3;/q;;+2/p-2. The van der Waals surface area contributed by atoms with E-state index in [1.807, 2.05) is 31.2 Å². The van der Waals surface area contributed by atoms with Gasteiger partial charge in [0.2, 0.25) is 0 Å². The largest absolute Gasteiger partial charge is 0.881 e. The minimum Gasteiger partial charge on any atom is -0.616 e. The van der Waals surface area contributed by atoms with Crippen LogP contribution in [0, 0.1) is 27.7 Å². The van der Waals surface area contributed by atoms with Crippen LogP contribution in [0.1, 0.15) is 22.4 Å². The SMILES string of the molecule is Cc1cc(C)c(C)c([O][Al][O]c2cccc3ccc(C)nc23)c1. The van der Waals surface area contributed by atoms with Crippen LogP contribution in [0.3, 0.4) is 0 Å². The molecule has 3 aromatic rings. The second-order valence-corrected chi connectivity index (χ2v) is 6.48. The Morgan fingerprint density at radius 3 is 2.48 bits per heavy atom. The molecule has 0 atom stereocenters. The fraction of sp³-hybridized carbons (Fsp3) is 0.211. The van der Waals surface area contributed by atoms with Gasteiger partial charge in [0.25, 0.3) is 0 Å². The number of benzene rings is 2. The Kier molecular flexibility index (Phi) is 4.56. The summed E-state index contributed by atoms with van der Waals surface area (Å²) in [5, 5.41) is 1.08. The van der Waals surface area contributed by atoms with E-state index in [0.717, 1.165) is 28.1 Å². The number of rotatable bonds is 4. The lowest BCUT2D eigenvalue weighted by molar-refractivity contribution is 0.459. The van der Waals surface area contributed by atoms with Crippen LogP contribution in [-0.2, 0) is 0 Å². The average molecular weight is 320 g/mol. The van der Waals surface area contributed by atoms with Crippen LogP contribution < -0.4 is 7.58 Å². The highest BCUT2D eigenvalue weighted by Crippen LogP contribution is 2.25. The second-order valence-electron chi connectivity index (χ2n) is 5.82. The Balaban J connectivity index is 1.78. The maximum Gasteiger partial charge on any atom is 0.881 e. The first-order valence-corrected chi connectivity index (χ1v) is 8.58. The summed E-state index contributed by atoms with van der Waals surface area (Å²) in [4.78, 5) is 4.58. The number of fused-ring (bicyclic) bond motifs is 1. The molecule has 0 amide bonds. The molecule has 1 radical (unpaired) electrons. The molecule has 0 bridgehead atoms. The number of nitrogens with zero attached hydrogens (tertiary/aromatic N) is 1. The zero-order chi connectivity index (χ0) is 16.4. The number of hydrogen-bond donors (Lipinski definition) is 0. The molecule has 0 aliphatic carbocycles. The molecule has 3 rings (SSSR count). The van der Waals surface area contributed by atoms with Crippen molar-refractivity contribution in [3.05, 3.63) is 64.8 Å². The van der Waals surface area contributed by atoms with Crippen molar-refractivity contribution in [2.24, 2.45) is 0 Å². The molecule has 0 aliphatic rings. The summed E-state index contributed by atoms with van der Waals surface area (Å²) in [5.74, 6) is 1.69. The van der Waals surface area contributed by atoms with Gasteiger partial charge in [0.15, 0.2) is 0 Å². The van der Waals surface area contributed by atoms with E-state index in [4.69, 9.17) is 7.58 Å². The Morgan fingerprint density at radius 2 is 1.65 bits per heavy atom. The molecule has 2 aromatic carbocycles. The molecule has 0 unspecified atom stereocenters. The van der Waals surface area contributed by atoms with Crippen molar-refractivity contribution in [1.29, 1.82) is 0 Å². The zero-order valence-electron chi connectivity index (χ0n) is 13.9. The van der Waals surface area contributed by atoms with Crippen molar-refractivity contribution in [2.45, 2.75) is 27.7 Å². The Bertz CT molecular complexity index is 861. The summed E-state index contributed by atoms with van der Waals surface area (Å²) in [5.41, 5.74) is 5.47. The first kappa shape index (κ1) is 15.9. The predicted molar refractivity (Wildman–Crippen MR) is 94.1 cm³/mol. The smallest absolute Gasteiger partial charge is 0.616 e. The van der Waals surface area contributed by atoms with Crippen molar-refractivity contribution in [1.82, 2.24) is 4.98 Å². The number of pyridine rings is 1. The minimum atomic E-state index is -0.641. The summed E-state index contributed by atoms with van der Waals surface area (Å²) in [7, 11) is 0. The molecule has 115 valence electrons. The predicted octanol–water partition coefficient (Wildman–Crippen LogP) is 4.46. The highest BCUT2D eigenvalue weighted by molar-refractivity contribution is 6.21. The maximum atomic E-state index is 5.91. The van der Waals surface area contributed by atoms with E-state index in [1.165, 1.54) is 16.7 Å². The van der Waals surface area contributed by atoms with Crippen LogP contribution in [0.25, 0.3) is 10.9 Å². The molecular formula is C19H19AlNO2. The van der Waals surface area contributed by atoms with E-state index in [1.54, 1.807) is 0 Å². The van der Waals surface area contributed by atoms with Crippen LogP contribution in [0.15, 0.2) is 42.5 Å². The third kappa shape index (κ3) is 3.50. The van der Waals surface area contributed by atoms with Gasteiger partial charge in [-0.3, -0.25) is 0 Å². The van der Waals surface area contributed by atoms with E-state index in [0.29, 0.717) is 0 Å². The monoisotopic (exact) mass is 320 g/mol. The lowest BCUT2D eigenvalue weighted by Crippen LogP contribution is -2.12. The van der Waals surface area contributed by atoms with Crippen LogP contribution in [-0.4, -0.2) is 20.9 Å². The van der Waals surface area contributed by atoms with Gasteiger partial charge in [0, 0.05) is 11.1 Å². The van der Waals surface area contributed by atoms with Gasteiger partial charge < -0.3 is 7.58 Å². The summed E-state index contributed by atoms with van der Waals surface area (Å²) < 4.78 is 11.8. The number of aryl methyl sites for hydroxylation is 3. The van der Waals surface area contributed by atoms with Gasteiger partial charge in [-0.1, -0.05) is 24.3 Å². The van der Waals surface area contributed by atoms with Crippen molar-refractivity contribution in [3.8, 4) is 11.5 Å². The quantitative estimate of drug-likeness (QED) is 0.665. The van der Waals surface area contributed by atoms with Crippen LogP contribution >= 0.6 is 0 Å². The van der Waals surface area contributed by atoms with Gasteiger partial charge in [-0.15, -0.1) is 0 Å². The van der Waals surface area contributed by atoms with Gasteiger partial charge in [0.05, 0.1) is 5.75 Å². The Labute approximate surface area is 143 Å². The number of hydrogen-bond acceptors (Lipinski definition) is 3. The van der Waals surface area contributed by atoms with Crippen molar-refractivity contribution in [2.75, 3.05) is 0 Å². The molecule has 0 fully saturated rings.